The van der Waals surface area contributed by atoms with Crippen LogP contribution in [0.1, 0.15) is 30.2 Å². The molecule has 1 aromatic carbocycles. The van der Waals surface area contributed by atoms with E-state index in [0.29, 0.717) is 6.54 Å². The van der Waals surface area contributed by atoms with Crippen LogP contribution in [0.15, 0.2) is 47.1 Å². The predicted molar refractivity (Wildman–Crippen MR) is 85.0 cm³/mol. The van der Waals surface area contributed by atoms with Gasteiger partial charge in [-0.25, -0.2) is 0 Å². The molecule has 21 heavy (non-hydrogen) atoms. The van der Waals surface area contributed by atoms with Crippen LogP contribution in [0, 0.1) is 0 Å². The van der Waals surface area contributed by atoms with Gasteiger partial charge in [0, 0.05) is 12.1 Å². The molecule has 2 aromatic rings. The van der Waals surface area contributed by atoms with Gasteiger partial charge in [-0.2, -0.15) is 0 Å². The van der Waals surface area contributed by atoms with Crippen molar-refractivity contribution in [1.29, 1.82) is 0 Å². The summed E-state index contributed by atoms with van der Waals surface area (Å²) in [5, 5.41) is 0. The summed E-state index contributed by atoms with van der Waals surface area (Å²) in [6, 6.07) is 12.8. The van der Waals surface area contributed by atoms with Crippen molar-refractivity contribution < 1.29 is 4.42 Å². The maximum atomic E-state index is 6.23. The predicted octanol–water partition coefficient (Wildman–Crippen LogP) is 2.99. The third-order valence-electron chi connectivity index (χ3n) is 4.86. The van der Waals surface area contributed by atoms with Gasteiger partial charge in [0.05, 0.1) is 12.8 Å². The number of benzene rings is 1. The molecule has 1 unspecified atom stereocenters. The standard InChI is InChI=1S/C18H24N2O/c1-2-20(13-17-8-5-11-21-17)18(14-19)10-9-15-6-3-4-7-16(15)12-18/h3-8,11H,2,9-10,12-14,19H2,1H3. The second kappa shape index (κ2) is 6.04. The highest BCUT2D eigenvalue weighted by molar-refractivity contribution is 5.32. The van der Waals surface area contributed by atoms with Gasteiger partial charge in [-0.15, -0.1) is 0 Å². The summed E-state index contributed by atoms with van der Waals surface area (Å²) in [4.78, 5) is 2.49. The van der Waals surface area contributed by atoms with E-state index >= 15 is 0 Å². The Morgan fingerprint density at radius 3 is 2.67 bits per heavy atom. The fraction of sp³-hybridized carbons (Fsp3) is 0.444. The zero-order chi connectivity index (χ0) is 14.7. The SMILES string of the molecule is CCN(Cc1ccco1)C1(CN)CCc2ccccc2C1. The third-order valence-corrected chi connectivity index (χ3v) is 4.86. The maximum Gasteiger partial charge on any atom is 0.117 e. The normalized spacial score (nSPS) is 21.5. The molecular weight excluding hydrogens is 260 g/mol. The van der Waals surface area contributed by atoms with Crippen LogP contribution in [0.25, 0.3) is 0 Å². The van der Waals surface area contributed by atoms with Crippen molar-refractivity contribution in [3.63, 3.8) is 0 Å². The Morgan fingerprint density at radius 1 is 1.19 bits per heavy atom. The van der Waals surface area contributed by atoms with Crippen molar-refractivity contribution >= 4 is 0 Å². The molecule has 1 heterocycles. The minimum absolute atomic E-state index is 0.0515. The average molecular weight is 284 g/mol. The van der Waals surface area contributed by atoms with Crippen LogP contribution in [0.2, 0.25) is 0 Å². The number of hydrogen-bond donors (Lipinski definition) is 1. The molecule has 1 aliphatic carbocycles. The molecular formula is C18H24N2O. The number of nitrogens with two attached hydrogens (primary N) is 1. The molecule has 0 radical (unpaired) electrons. The highest BCUT2D eigenvalue weighted by Crippen LogP contribution is 2.33. The van der Waals surface area contributed by atoms with Gasteiger partial charge >= 0.3 is 0 Å². The first kappa shape index (κ1) is 14.4. The average Bonchev–Trinajstić information content (AvgIpc) is 3.05. The number of hydrogen-bond acceptors (Lipinski definition) is 3. The molecule has 0 saturated heterocycles. The van der Waals surface area contributed by atoms with E-state index in [9.17, 15) is 0 Å². The van der Waals surface area contributed by atoms with Crippen LogP contribution >= 0.6 is 0 Å². The molecule has 0 bridgehead atoms. The number of fused-ring (bicyclic) bond motifs is 1. The van der Waals surface area contributed by atoms with Crippen molar-refractivity contribution in [2.45, 2.75) is 38.3 Å². The van der Waals surface area contributed by atoms with Crippen molar-refractivity contribution in [3.05, 3.63) is 59.5 Å². The Labute approximate surface area is 126 Å². The van der Waals surface area contributed by atoms with Crippen LogP contribution in [0.3, 0.4) is 0 Å². The summed E-state index contributed by atoms with van der Waals surface area (Å²) in [5.41, 5.74) is 9.21. The number of likely N-dealkylation sites (N-methyl/N-ethyl adjacent to an activating group) is 1. The van der Waals surface area contributed by atoms with E-state index in [0.717, 1.165) is 38.1 Å². The highest BCUT2D eigenvalue weighted by Gasteiger charge is 2.38. The second-order valence-electron chi connectivity index (χ2n) is 5.97. The topological polar surface area (TPSA) is 42.4 Å². The molecule has 1 aliphatic rings. The summed E-state index contributed by atoms with van der Waals surface area (Å²) < 4.78 is 5.53. The summed E-state index contributed by atoms with van der Waals surface area (Å²) in [6.07, 6.45) is 5.01. The van der Waals surface area contributed by atoms with Crippen LogP contribution < -0.4 is 5.73 Å². The van der Waals surface area contributed by atoms with Crippen LogP contribution in [0.4, 0.5) is 0 Å². The fourth-order valence-corrected chi connectivity index (χ4v) is 3.56. The van der Waals surface area contributed by atoms with E-state index < -0.39 is 0 Å². The smallest absolute Gasteiger partial charge is 0.117 e. The molecule has 3 heteroatoms. The molecule has 0 saturated carbocycles. The first-order valence-corrected chi connectivity index (χ1v) is 7.82. The first-order chi connectivity index (χ1) is 10.3. The van der Waals surface area contributed by atoms with E-state index in [1.807, 2.05) is 12.1 Å². The molecule has 0 spiro atoms. The van der Waals surface area contributed by atoms with E-state index in [2.05, 4.69) is 36.1 Å². The molecule has 1 aromatic heterocycles. The minimum atomic E-state index is 0.0515. The third kappa shape index (κ3) is 2.76. The van der Waals surface area contributed by atoms with Gasteiger partial charge in [-0.1, -0.05) is 31.2 Å². The first-order valence-electron chi connectivity index (χ1n) is 7.82. The number of aryl methyl sites for hydroxylation is 1. The van der Waals surface area contributed by atoms with E-state index in [-0.39, 0.29) is 5.54 Å². The van der Waals surface area contributed by atoms with E-state index in [1.165, 1.54) is 11.1 Å². The Hall–Kier alpha value is -1.58. The highest BCUT2D eigenvalue weighted by atomic mass is 16.3. The summed E-state index contributed by atoms with van der Waals surface area (Å²) >= 11 is 0. The molecule has 0 amide bonds. The molecule has 0 aliphatic heterocycles. The van der Waals surface area contributed by atoms with Gasteiger partial charge in [0.2, 0.25) is 0 Å². The van der Waals surface area contributed by atoms with Crippen molar-refractivity contribution in [3.8, 4) is 0 Å². The number of furan rings is 1. The van der Waals surface area contributed by atoms with Gasteiger partial charge in [-0.3, -0.25) is 4.90 Å². The Balaban J connectivity index is 1.86. The van der Waals surface area contributed by atoms with Gasteiger partial charge in [0.1, 0.15) is 5.76 Å². The lowest BCUT2D eigenvalue weighted by molar-refractivity contribution is 0.0699. The lowest BCUT2D eigenvalue weighted by atomic mass is 9.76. The maximum absolute atomic E-state index is 6.23. The monoisotopic (exact) mass is 284 g/mol. The molecule has 1 atom stereocenters. The van der Waals surface area contributed by atoms with Gasteiger partial charge in [-0.05, 0) is 49.1 Å². The van der Waals surface area contributed by atoms with Crippen LogP contribution in [-0.4, -0.2) is 23.5 Å². The van der Waals surface area contributed by atoms with E-state index in [1.54, 1.807) is 6.26 Å². The zero-order valence-corrected chi connectivity index (χ0v) is 12.7. The largest absolute Gasteiger partial charge is 0.468 e. The van der Waals surface area contributed by atoms with Gasteiger partial charge < -0.3 is 10.2 Å². The number of nitrogens with zero attached hydrogens (tertiary/aromatic N) is 1. The Bertz CT molecular complexity index is 579. The Morgan fingerprint density at radius 2 is 2.00 bits per heavy atom. The molecule has 2 N–H and O–H groups in total. The van der Waals surface area contributed by atoms with Gasteiger partial charge in [0.15, 0.2) is 0 Å². The van der Waals surface area contributed by atoms with Crippen LogP contribution in [0.5, 0.6) is 0 Å². The number of rotatable bonds is 5. The molecule has 0 fully saturated rings. The van der Waals surface area contributed by atoms with Crippen molar-refractivity contribution in [1.82, 2.24) is 4.90 Å². The van der Waals surface area contributed by atoms with Gasteiger partial charge in [0.25, 0.3) is 0 Å². The van der Waals surface area contributed by atoms with Crippen molar-refractivity contribution in [2.24, 2.45) is 5.73 Å². The summed E-state index contributed by atoms with van der Waals surface area (Å²) in [5.74, 6) is 1.02. The lowest BCUT2D eigenvalue weighted by Crippen LogP contribution is -2.56. The molecule has 112 valence electrons. The molecule has 3 rings (SSSR count). The summed E-state index contributed by atoms with van der Waals surface area (Å²) in [7, 11) is 0. The lowest BCUT2D eigenvalue weighted by Gasteiger charge is -2.46. The van der Waals surface area contributed by atoms with Crippen LogP contribution in [-0.2, 0) is 19.4 Å². The fourth-order valence-electron chi connectivity index (χ4n) is 3.56. The Kier molecular flexibility index (Phi) is 4.13. The summed E-state index contributed by atoms with van der Waals surface area (Å²) in [6.45, 7) is 4.72. The molecule has 3 nitrogen and oxygen atoms in total. The van der Waals surface area contributed by atoms with E-state index in [4.69, 9.17) is 10.2 Å². The minimum Gasteiger partial charge on any atom is -0.468 e. The quantitative estimate of drug-likeness (QED) is 0.918. The second-order valence-corrected chi connectivity index (χ2v) is 5.97. The van der Waals surface area contributed by atoms with Crippen molar-refractivity contribution in [2.75, 3.05) is 13.1 Å². The zero-order valence-electron chi connectivity index (χ0n) is 12.7.